The van der Waals surface area contributed by atoms with Crippen molar-refractivity contribution in [2.75, 3.05) is 4.72 Å². The Morgan fingerprint density at radius 1 is 1.10 bits per heavy atom. The summed E-state index contributed by atoms with van der Waals surface area (Å²) in [4.78, 5) is -1.03. The second kappa shape index (κ2) is 5.79. The molecule has 21 heavy (non-hydrogen) atoms. The van der Waals surface area contributed by atoms with Crippen LogP contribution in [0.1, 0.15) is 18.6 Å². The molecule has 0 saturated heterocycles. The predicted molar refractivity (Wildman–Crippen MR) is 74.2 cm³/mol. The fourth-order valence-electron chi connectivity index (χ4n) is 1.81. The molecule has 0 radical (unpaired) electrons. The monoisotopic (exact) mass is 313 g/mol. The minimum Gasteiger partial charge on any atom is -0.389 e. The standard InChI is InChI=1S/C14H13F2NO3S/c1-9(18)10-4-2-5-11(8-10)17-21(19,20)14-12(15)6-3-7-13(14)16/h2-9,17-18H,1H3/t9-/m0/s1. The highest BCUT2D eigenvalue weighted by molar-refractivity contribution is 7.92. The van der Waals surface area contributed by atoms with Crippen molar-refractivity contribution in [3.63, 3.8) is 0 Å². The van der Waals surface area contributed by atoms with E-state index in [0.29, 0.717) is 5.56 Å². The van der Waals surface area contributed by atoms with E-state index < -0.39 is 32.7 Å². The molecule has 4 nitrogen and oxygen atoms in total. The molecule has 0 aliphatic rings. The molecule has 0 aliphatic carbocycles. The lowest BCUT2D eigenvalue weighted by molar-refractivity contribution is 0.199. The lowest BCUT2D eigenvalue weighted by Gasteiger charge is -2.11. The fourth-order valence-corrected chi connectivity index (χ4v) is 3.00. The Morgan fingerprint density at radius 3 is 2.24 bits per heavy atom. The van der Waals surface area contributed by atoms with Crippen molar-refractivity contribution in [2.24, 2.45) is 0 Å². The van der Waals surface area contributed by atoms with Crippen LogP contribution in [-0.2, 0) is 10.0 Å². The van der Waals surface area contributed by atoms with Crippen molar-refractivity contribution in [1.29, 1.82) is 0 Å². The van der Waals surface area contributed by atoms with Gasteiger partial charge in [-0.25, -0.2) is 17.2 Å². The van der Waals surface area contributed by atoms with Gasteiger partial charge < -0.3 is 5.11 Å². The lowest BCUT2D eigenvalue weighted by atomic mass is 10.1. The van der Waals surface area contributed by atoms with Crippen LogP contribution in [-0.4, -0.2) is 13.5 Å². The van der Waals surface area contributed by atoms with Gasteiger partial charge in [-0.15, -0.1) is 0 Å². The molecule has 0 spiro atoms. The normalized spacial score (nSPS) is 13.0. The molecular formula is C14H13F2NO3S. The number of nitrogens with one attached hydrogen (secondary N) is 1. The molecule has 0 bridgehead atoms. The summed E-state index contributed by atoms with van der Waals surface area (Å²) >= 11 is 0. The molecule has 1 atom stereocenters. The van der Waals surface area contributed by atoms with Gasteiger partial charge in [-0.1, -0.05) is 18.2 Å². The Labute approximate surface area is 121 Å². The highest BCUT2D eigenvalue weighted by atomic mass is 32.2. The van der Waals surface area contributed by atoms with E-state index in [1.807, 2.05) is 0 Å². The second-order valence-corrected chi connectivity index (χ2v) is 6.08. The molecule has 2 aromatic carbocycles. The number of aliphatic hydroxyl groups is 1. The summed E-state index contributed by atoms with van der Waals surface area (Å²) in [5.74, 6) is -2.34. The van der Waals surface area contributed by atoms with Gasteiger partial charge in [0.25, 0.3) is 10.0 Å². The van der Waals surface area contributed by atoms with Gasteiger partial charge in [-0.2, -0.15) is 0 Å². The van der Waals surface area contributed by atoms with Crippen molar-refractivity contribution in [3.05, 3.63) is 59.7 Å². The molecule has 2 aromatic rings. The zero-order valence-electron chi connectivity index (χ0n) is 11.0. The third-order valence-corrected chi connectivity index (χ3v) is 4.24. The molecule has 0 unspecified atom stereocenters. The van der Waals surface area contributed by atoms with Gasteiger partial charge >= 0.3 is 0 Å². The molecule has 0 aromatic heterocycles. The van der Waals surface area contributed by atoms with Crippen LogP contribution in [0, 0.1) is 11.6 Å². The van der Waals surface area contributed by atoms with Gasteiger partial charge in [0, 0.05) is 5.69 Å². The highest BCUT2D eigenvalue weighted by Gasteiger charge is 2.23. The molecule has 112 valence electrons. The lowest BCUT2D eigenvalue weighted by Crippen LogP contribution is -2.16. The molecule has 2 N–H and O–H groups in total. The zero-order chi connectivity index (χ0) is 15.6. The molecule has 0 fully saturated rings. The van der Waals surface area contributed by atoms with Crippen LogP contribution in [0.3, 0.4) is 0 Å². The van der Waals surface area contributed by atoms with E-state index in [0.717, 1.165) is 18.2 Å². The number of sulfonamides is 1. The van der Waals surface area contributed by atoms with E-state index in [1.54, 1.807) is 6.07 Å². The zero-order valence-corrected chi connectivity index (χ0v) is 11.9. The van der Waals surface area contributed by atoms with Crippen LogP contribution in [0.4, 0.5) is 14.5 Å². The number of aliphatic hydroxyl groups excluding tert-OH is 1. The first-order valence-electron chi connectivity index (χ1n) is 6.06. The highest BCUT2D eigenvalue weighted by Crippen LogP contribution is 2.23. The van der Waals surface area contributed by atoms with E-state index in [-0.39, 0.29) is 5.69 Å². The van der Waals surface area contributed by atoms with Gasteiger partial charge in [0.1, 0.15) is 11.6 Å². The Kier molecular flexibility index (Phi) is 4.24. The smallest absolute Gasteiger partial charge is 0.267 e. The summed E-state index contributed by atoms with van der Waals surface area (Å²) in [6.45, 7) is 1.52. The van der Waals surface area contributed by atoms with Crippen molar-refractivity contribution >= 4 is 15.7 Å². The quantitative estimate of drug-likeness (QED) is 0.912. The number of hydrogen-bond donors (Lipinski definition) is 2. The number of benzene rings is 2. The molecule has 0 heterocycles. The minimum absolute atomic E-state index is 0.107. The van der Waals surface area contributed by atoms with Gasteiger partial charge in [-0.3, -0.25) is 4.72 Å². The maximum Gasteiger partial charge on any atom is 0.267 e. The maximum absolute atomic E-state index is 13.6. The second-order valence-electron chi connectivity index (χ2n) is 4.46. The average molecular weight is 313 g/mol. The van der Waals surface area contributed by atoms with E-state index in [1.165, 1.54) is 25.1 Å². The first-order chi connectivity index (χ1) is 9.81. The molecule has 2 rings (SSSR count). The van der Waals surface area contributed by atoms with Crippen LogP contribution in [0.15, 0.2) is 47.4 Å². The third-order valence-electron chi connectivity index (χ3n) is 2.81. The number of anilines is 1. The summed E-state index contributed by atoms with van der Waals surface area (Å²) in [5.41, 5.74) is 0.584. The first-order valence-corrected chi connectivity index (χ1v) is 7.54. The van der Waals surface area contributed by atoms with Crippen molar-refractivity contribution in [3.8, 4) is 0 Å². The molecule has 0 saturated carbocycles. The van der Waals surface area contributed by atoms with Crippen molar-refractivity contribution < 1.29 is 22.3 Å². The van der Waals surface area contributed by atoms with Crippen LogP contribution < -0.4 is 4.72 Å². The third kappa shape index (κ3) is 3.37. The van der Waals surface area contributed by atoms with Crippen molar-refractivity contribution in [2.45, 2.75) is 17.9 Å². The van der Waals surface area contributed by atoms with Crippen LogP contribution in [0.25, 0.3) is 0 Å². The topological polar surface area (TPSA) is 66.4 Å². The Balaban J connectivity index is 2.40. The molecule has 7 heteroatoms. The van der Waals surface area contributed by atoms with Crippen molar-refractivity contribution in [1.82, 2.24) is 0 Å². The number of hydrogen-bond acceptors (Lipinski definition) is 3. The van der Waals surface area contributed by atoms with Gasteiger partial charge in [0.15, 0.2) is 4.90 Å². The van der Waals surface area contributed by atoms with Crippen LogP contribution in [0.5, 0.6) is 0 Å². The molecule has 0 amide bonds. The van der Waals surface area contributed by atoms with Crippen LogP contribution >= 0.6 is 0 Å². The Bertz CT molecular complexity index is 740. The van der Waals surface area contributed by atoms with Gasteiger partial charge in [0.05, 0.1) is 6.10 Å². The van der Waals surface area contributed by atoms with E-state index in [4.69, 9.17) is 0 Å². The summed E-state index contributed by atoms with van der Waals surface area (Å²) in [7, 11) is -4.40. The SMILES string of the molecule is C[C@H](O)c1cccc(NS(=O)(=O)c2c(F)cccc2F)c1. The van der Waals surface area contributed by atoms with Gasteiger partial charge in [-0.05, 0) is 36.8 Å². The van der Waals surface area contributed by atoms with Gasteiger partial charge in [0.2, 0.25) is 0 Å². The summed E-state index contributed by atoms with van der Waals surface area (Å²) in [6, 6.07) is 8.75. The Morgan fingerprint density at radius 2 is 1.67 bits per heavy atom. The Hall–Kier alpha value is -1.99. The summed E-state index contributed by atoms with van der Waals surface area (Å²) in [6.07, 6.45) is -0.792. The fraction of sp³-hybridized carbons (Fsp3) is 0.143. The minimum atomic E-state index is -4.40. The van der Waals surface area contributed by atoms with E-state index in [9.17, 15) is 22.3 Å². The largest absolute Gasteiger partial charge is 0.389 e. The maximum atomic E-state index is 13.6. The summed E-state index contributed by atoms with van der Waals surface area (Å²) < 4.78 is 53.3. The summed E-state index contributed by atoms with van der Waals surface area (Å²) in [5, 5.41) is 9.45. The van der Waals surface area contributed by atoms with Crippen LogP contribution in [0.2, 0.25) is 0 Å². The van der Waals surface area contributed by atoms with E-state index in [2.05, 4.69) is 4.72 Å². The molecular weight excluding hydrogens is 300 g/mol. The van der Waals surface area contributed by atoms with E-state index >= 15 is 0 Å². The first kappa shape index (κ1) is 15.4. The number of rotatable bonds is 4. The predicted octanol–water partition coefficient (Wildman–Crippen LogP) is 2.82. The number of halogens is 2. The molecule has 0 aliphatic heterocycles. The average Bonchev–Trinajstić information content (AvgIpc) is 2.37.